The van der Waals surface area contributed by atoms with E-state index in [2.05, 4.69) is 20.0 Å². The number of rotatable bonds is 3. The number of aromatic nitrogens is 2. The molecule has 3 aromatic rings. The van der Waals surface area contributed by atoms with E-state index in [1.54, 1.807) is 12.1 Å². The number of hydrogen-bond donors (Lipinski definition) is 2. The Kier molecular flexibility index (Phi) is 4.16. The van der Waals surface area contributed by atoms with Crippen LogP contribution in [-0.4, -0.2) is 21.2 Å². The Labute approximate surface area is 151 Å². The maximum atomic E-state index is 12.7. The van der Waals surface area contributed by atoms with Crippen LogP contribution >= 0.6 is 0 Å². The topological polar surface area (TPSA) is 75.5 Å². The molecule has 26 heavy (non-hydrogen) atoms. The lowest BCUT2D eigenvalue weighted by molar-refractivity contribution is -0.120. The first-order valence-electron chi connectivity index (χ1n) is 8.73. The Hall–Kier alpha value is -3.15. The Balaban J connectivity index is 1.50. The van der Waals surface area contributed by atoms with Gasteiger partial charge in [-0.1, -0.05) is 12.1 Å². The number of benzene rings is 1. The minimum atomic E-state index is -0.138. The Bertz CT molecular complexity index is 992. The van der Waals surface area contributed by atoms with Gasteiger partial charge >= 0.3 is 0 Å². The Morgan fingerprint density at radius 1 is 1.12 bits per heavy atom. The summed E-state index contributed by atoms with van der Waals surface area (Å²) in [4.78, 5) is 28.6. The molecule has 2 heterocycles. The highest BCUT2D eigenvalue weighted by Gasteiger charge is 2.28. The number of nitrogens with one attached hydrogen (secondary N) is 2. The largest absolute Gasteiger partial charge is 0.326 e. The minimum Gasteiger partial charge on any atom is -0.326 e. The van der Waals surface area contributed by atoms with Crippen LogP contribution < -0.4 is 10.6 Å². The Morgan fingerprint density at radius 3 is 2.73 bits per heavy atom. The summed E-state index contributed by atoms with van der Waals surface area (Å²) in [5.74, 6) is -0.227. The van der Waals surface area contributed by atoms with Crippen LogP contribution in [-0.2, 0) is 22.4 Å². The van der Waals surface area contributed by atoms with Gasteiger partial charge in [0.05, 0.1) is 5.69 Å². The summed E-state index contributed by atoms with van der Waals surface area (Å²) in [5, 5.41) is 5.70. The summed E-state index contributed by atoms with van der Waals surface area (Å²) in [7, 11) is 0. The lowest BCUT2D eigenvalue weighted by Gasteiger charge is -2.21. The minimum absolute atomic E-state index is 0.00139. The van der Waals surface area contributed by atoms with E-state index < -0.39 is 0 Å². The van der Waals surface area contributed by atoms with Gasteiger partial charge in [-0.3, -0.25) is 9.59 Å². The number of hydrogen-bond acceptors (Lipinski definition) is 3. The van der Waals surface area contributed by atoms with Crippen LogP contribution in [0.2, 0.25) is 0 Å². The van der Waals surface area contributed by atoms with Crippen molar-refractivity contribution in [3.63, 3.8) is 0 Å². The number of aryl methyl sites for hydroxylation is 1. The van der Waals surface area contributed by atoms with Crippen molar-refractivity contribution in [3.8, 4) is 0 Å². The molecule has 2 N–H and O–H groups in total. The molecule has 6 nitrogen and oxygen atoms in total. The van der Waals surface area contributed by atoms with Gasteiger partial charge in [0.1, 0.15) is 5.65 Å². The zero-order valence-corrected chi connectivity index (χ0v) is 14.5. The van der Waals surface area contributed by atoms with Crippen molar-refractivity contribution in [2.45, 2.75) is 26.2 Å². The second kappa shape index (κ2) is 6.63. The molecule has 1 aliphatic carbocycles. The van der Waals surface area contributed by atoms with Crippen LogP contribution in [0.15, 0.2) is 48.7 Å². The predicted octanol–water partition coefficient (Wildman–Crippen LogP) is 3.04. The van der Waals surface area contributed by atoms with Gasteiger partial charge < -0.3 is 15.0 Å². The summed E-state index contributed by atoms with van der Waals surface area (Å²) in [6.45, 7) is 1.46. The number of anilines is 2. The average Bonchev–Trinajstić information content (AvgIpc) is 2.99. The number of imidazole rings is 1. The zero-order chi connectivity index (χ0) is 18.1. The molecule has 0 aliphatic heterocycles. The smallest absolute Gasteiger partial charge is 0.227 e. The van der Waals surface area contributed by atoms with Crippen molar-refractivity contribution < 1.29 is 9.59 Å². The Morgan fingerprint density at radius 2 is 1.92 bits per heavy atom. The molecule has 0 saturated heterocycles. The lowest BCUT2D eigenvalue weighted by Crippen LogP contribution is -2.28. The van der Waals surface area contributed by atoms with E-state index in [1.165, 1.54) is 6.92 Å². The van der Waals surface area contributed by atoms with Crippen molar-refractivity contribution in [1.29, 1.82) is 0 Å². The molecule has 132 valence electrons. The maximum absolute atomic E-state index is 12.7. The third kappa shape index (κ3) is 3.18. The molecule has 1 atom stereocenters. The highest BCUT2D eigenvalue weighted by Crippen LogP contribution is 2.27. The molecule has 1 aromatic carbocycles. The molecule has 6 heteroatoms. The first kappa shape index (κ1) is 16.3. The molecule has 1 unspecified atom stereocenters. The monoisotopic (exact) mass is 348 g/mol. The fourth-order valence-electron chi connectivity index (χ4n) is 3.50. The van der Waals surface area contributed by atoms with Gasteiger partial charge in [0.25, 0.3) is 0 Å². The number of fused-ring (bicyclic) bond motifs is 3. The van der Waals surface area contributed by atoms with E-state index in [4.69, 9.17) is 0 Å². The molecule has 0 spiro atoms. The maximum Gasteiger partial charge on any atom is 0.227 e. The predicted molar refractivity (Wildman–Crippen MR) is 100 cm³/mol. The fraction of sp³-hybridized carbons (Fsp3) is 0.250. The van der Waals surface area contributed by atoms with Gasteiger partial charge in [0, 0.05) is 42.5 Å². The van der Waals surface area contributed by atoms with Crippen molar-refractivity contribution in [2.75, 3.05) is 10.6 Å². The third-order valence-corrected chi connectivity index (χ3v) is 4.70. The van der Waals surface area contributed by atoms with E-state index in [0.29, 0.717) is 17.8 Å². The number of carbonyl (C=O) groups excluding carboxylic acids is 2. The highest BCUT2D eigenvalue weighted by molar-refractivity contribution is 5.94. The second-order valence-electron chi connectivity index (χ2n) is 6.62. The molecule has 1 aliphatic rings. The molecular formula is C20H20N4O2. The third-order valence-electron chi connectivity index (χ3n) is 4.70. The molecule has 2 aromatic heterocycles. The number of amides is 2. The lowest BCUT2D eigenvalue weighted by atomic mass is 9.89. The van der Waals surface area contributed by atoms with E-state index >= 15 is 0 Å². The highest BCUT2D eigenvalue weighted by atomic mass is 16.2. The SMILES string of the molecule is CC(=O)Nc1cccc(NC(=O)C2CCc3nc4ccccn4c3C2)c1. The number of nitrogens with zero attached hydrogens (tertiary/aromatic N) is 2. The van der Waals surface area contributed by atoms with E-state index in [0.717, 1.165) is 29.9 Å². The van der Waals surface area contributed by atoms with E-state index in [9.17, 15) is 9.59 Å². The van der Waals surface area contributed by atoms with E-state index in [-0.39, 0.29) is 17.7 Å². The fourth-order valence-corrected chi connectivity index (χ4v) is 3.50. The second-order valence-corrected chi connectivity index (χ2v) is 6.62. The normalized spacial score (nSPS) is 16.1. The van der Waals surface area contributed by atoms with Gasteiger partial charge in [0.2, 0.25) is 11.8 Å². The molecule has 0 fully saturated rings. The van der Waals surface area contributed by atoms with Crippen molar-refractivity contribution in [2.24, 2.45) is 5.92 Å². The molecule has 4 rings (SSSR count). The summed E-state index contributed by atoms with van der Waals surface area (Å²) in [5.41, 5.74) is 4.50. The summed E-state index contributed by atoms with van der Waals surface area (Å²) in [6.07, 6.45) is 4.27. The number of pyridine rings is 1. The summed E-state index contributed by atoms with van der Waals surface area (Å²) < 4.78 is 2.08. The molecule has 0 saturated carbocycles. The molecule has 0 bridgehead atoms. The average molecular weight is 348 g/mol. The van der Waals surface area contributed by atoms with Gasteiger partial charge in [0.15, 0.2) is 0 Å². The van der Waals surface area contributed by atoms with Crippen LogP contribution in [0.3, 0.4) is 0 Å². The van der Waals surface area contributed by atoms with Gasteiger partial charge in [-0.15, -0.1) is 0 Å². The standard InChI is InChI=1S/C20H20N4O2/c1-13(25)21-15-5-4-6-16(12-15)22-20(26)14-8-9-17-18(11-14)24-10-3-2-7-19(24)23-17/h2-7,10,12,14H,8-9,11H2,1H3,(H,21,25)(H,22,26). The zero-order valence-electron chi connectivity index (χ0n) is 14.5. The summed E-state index contributed by atoms with van der Waals surface area (Å²) in [6, 6.07) is 13.1. The molecular weight excluding hydrogens is 328 g/mol. The molecule has 2 amide bonds. The molecule has 0 radical (unpaired) electrons. The van der Waals surface area contributed by atoms with Crippen molar-refractivity contribution >= 4 is 28.8 Å². The van der Waals surface area contributed by atoms with Gasteiger partial charge in [-0.25, -0.2) is 4.98 Å². The van der Waals surface area contributed by atoms with Crippen LogP contribution in [0.5, 0.6) is 0 Å². The van der Waals surface area contributed by atoms with Crippen molar-refractivity contribution in [3.05, 3.63) is 60.0 Å². The van der Waals surface area contributed by atoms with Crippen LogP contribution in [0.25, 0.3) is 5.65 Å². The number of carbonyl (C=O) groups is 2. The van der Waals surface area contributed by atoms with E-state index in [1.807, 2.05) is 36.5 Å². The van der Waals surface area contributed by atoms with Crippen molar-refractivity contribution in [1.82, 2.24) is 9.38 Å². The van der Waals surface area contributed by atoms with Gasteiger partial charge in [-0.2, -0.15) is 0 Å². The van der Waals surface area contributed by atoms with Crippen LogP contribution in [0.4, 0.5) is 11.4 Å². The first-order chi connectivity index (χ1) is 12.6. The summed E-state index contributed by atoms with van der Waals surface area (Å²) >= 11 is 0. The first-order valence-corrected chi connectivity index (χ1v) is 8.73. The quantitative estimate of drug-likeness (QED) is 0.764. The van der Waals surface area contributed by atoms with Gasteiger partial charge in [-0.05, 0) is 43.2 Å². The van der Waals surface area contributed by atoms with Crippen LogP contribution in [0, 0.1) is 5.92 Å². The van der Waals surface area contributed by atoms with Crippen LogP contribution in [0.1, 0.15) is 24.7 Å².